The van der Waals surface area contributed by atoms with Gasteiger partial charge in [-0.2, -0.15) is 0 Å². The Kier molecular flexibility index (Phi) is 2.72. The van der Waals surface area contributed by atoms with E-state index < -0.39 is 0 Å². The average molecular weight is 218 g/mol. The van der Waals surface area contributed by atoms with Gasteiger partial charge in [-0.05, 0) is 29.8 Å². The molecular formula is C12H11FN2O. The number of aromatic nitrogens is 1. The van der Waals surface area contributed by atoms with Gasteiger partial charge in [0, 0.05) is 18.0 Å². The van der Waals surface area contributed by atoms with Crippen LogP contribution in [0, 0.1) is 5.82 Å². The van der Waals surface area contributed by atoms with Crippen LogP contribution in [0.15, 0.2) is 47.4 Å². The van der Waals surface area contributed by atoms with Gasteiger partial charge in [0.2, 0.25) is 0 Å². The largest absolute Gasteiger partial charge is 0.399 e. The molecular weight excluding hydrogens is 207 g/mol. The highest BCUT2D eigenvalue weighted by molar-refractivity contribution is 5.41. The molecule has 2 rings (SSSR count). The van der Waals surface area contributed by atoms with Gasteiger partial charge in [0.1, 0.15) is 5.82 Å². The summed E-state index contributed by atoms with van der Waals surface area (Å²) in [5.74, 6) is -0.390. The van der Waals surface area contributed by atoms with Crippen molar-refractivity contribution < 1.29 is 4.39 Å². The van der Waals surface area contributed by atoms with Crippen LogP contribution >= 0.6 is 0 Å². The van der Waals surface area contributed by atoms with E-state index in [2.05, 4.69) is 0 Å². The van der Waals surface area contributed by atoms with E-state index in [0.29, 0.717) is 17.8 Å². The van der Waals surface area contributed by atoms with Gasteiger partial charge >= 0.3 is 0 Å². The molecule has 2 aromatic rings. The maximum absolute atomic E-state index is 13.1. The molecule has 0 aliphatic rings. The molecule has 0 aliphatic heterocycles. The number of nitrogen functional groups attached to an aromatic ring is 1. The molecule has 0 atom stereocenters. The highest BCUT2D eigenvalue weighted by atomic mass is 19.1. The van der Waals surface area contributed by atoms with Crippen molar-refractivity contribution in [2.75, 3.05) is 5.73 Å². The third-order valence-electron chi connectivity index (χ3n) is 2.23. The Morgan fingerprint density at radius 2 is 2.06 bits per heavy atom. The van der Waals surface area contributed by atoms with Gasteiger partial charge in [-0.15, -0.1) is 0 Å². The lowest BCUT2D eigenvalue weighted by atomic mass is 10.2. The number of halogens is 1. The molecule has 16 heavy (non-hydrogen) atoms. The summed E-state index contributed by atoms with van der Waals surface area (Å²) < 4.78 is 14.6. The van der Waals surface area contributed by atoms with Crippen LogP contribution in [0.5, 0.6) is 0 Å². The molecule has 1 aromatic heterocycles. The summed E-state index contributed by atoms with van der Waals surface area (Å²) in [5.41, 5.74) is 6.44. The Morgan fingerprint density at radius 3 is 2.75 bits per heavy atom. The van der Waals surface area contributed by atoms with Crippen molar-refractivity contribution in [1.82, 2.24) is 4.57 Å². The minimum Gasteiger partial charge on any atom is -0.399 e. The normalized spacial score (nSPS) is 10.3. The van der Waals surface area contributed by atoms with Crippen molar-refractivity contribution in [3.8, 4) is 0 Å². The van der Waals surface area contributed by atoms with Crippen molar-refractivity contribution in [3.63, 3.8) is 0 Å². The third kappa shape index (κ3) is 2.28. The predicted molar refractivity (Wildman–Crippen MR) is 60.6 cm³/mol. The van der Waals surface area contributed by atoms with Gasteiger partial charge in [-0.1, -0.05) is 6.07 Å². The second kappa shape index (κ2) is 4.18. The van der Waals surface area contributed by atoms with E-state index in [9.17, 15) is 9.18 Å². The molecule has 82 valence electrons. The van der Waals surface area contributed by atoms with Crippen molar-refractivity contribution in [1.29, 1.82) is 0 Å². The molecule has 0 bridgehead atoms. The number of hydrogen-bond donors (Lipinski definition) is 1. The number of benzene rings is 1. The molecule has 1 aromatic carbocycles. The lowest BCUT2D eigenvalue weighted by Gasteiger charge is -2.06. The highest BCUT2D eigenvalue weighted by Crippen LogP contribution is 2.11. The molecule has 0 unspecified atom stereocenters. The molecule has 1 heterocycles. The first kappa shape index (κ1) is 10.4. The zero-order chi connectivity index (χ0) is 11.5. The number of pyridine rings is 1. The summed E-state index contributed by atoms with van der Waals surface area (Å²) in [4.78, 5) is 11.4. The summed E-state index contributed by atoms with van der Waals surface area (Å²) in [6.07, 6.45) is 1.66. The SMILES string of the molecule is Nc1cc(F)cc(Cn2ccccc2=O)c1. The zero-order valence-corrected chi connectivity index (χ0v) is 8.56. The van der Waals surface area contributed by atoms with Crippen LogP contribution in [-0.4, -0.2) is 4.57 Å². The van der Waals surface area contributed by atoms with Gasteiger partial charge in [-0.3, -0.25) is 4.79 Å². The standard InChI is InChI=1S/C12H11FN2O/c13-10-5-9(6-11(14)7-10)8-15-4-2-1-3-12(15)16/h1-7H,8,14H2. The molecule has 0 amide bonds. The van der Waals surface area contributed by atoms with Crippen LogP contribution < -0.4 is 11.3 Å². The van der Waals surface area contributed by atoms with Crippen LogP contribution in [0.1, 0.15) is 5.56 Å². The van der Waals surface area contributed by atoms with Gasteiger partial charge in [-0.25, -0.2) is 4.39 Å². The second-order valence-corrected chi connectivity index (χ2v) is 3.56. The molecule has 2 N–H and O–H groups in total. The first-order valence-corrected chi connectivity index (χ1v) is 4.85. The van der Waals surface area contributed by atoms with Gasteiger partial charge < -0.3 is 10.3 Å². The fourth-order valence-electron chi connectivity index (χ4n) is 1.55. The molecule has 4 heteroatoms. The molecule has 0 saturated heterocycles. The first-order chi connectivity index (χ1) is 7.65. The first-order valence-electron chi connectivity index (χ1n) is 4.85. The monoisotopic (exact) mass is 218 g/mol. The Balaban J connectivity index is 2.34. The van der Waals surface area contributed by atoms with Crippen molar-refractivity contribution in [2.24, 2.45) is 0 Å². The summed E-state index contributed by atoms with van der Waals surface area (Å²) in [5, 5.41) is 0. The fraction of sp³-hybridized carbons (Fsp3) is 0.0833. The molecule has 0 radical (unpaired) electrons. The molecule has 0 aliphatic carbocycles. The van der Waals surface area contributed by atoms with Crippen molar-refractivity contribution >= 4 is 5.69 Å². The van der Waals surface area contributed by atoms with Crippen LogP contribution in [0.3, 0.4) is 0 Å². The zero-order valence-electron chi connectivity index (χ0n) is 8.56. The lowest BCUT2D eigenvalue weighted by molar-refractivity contribution is 0.623. The Labute approximate surface area is 92.0 Å². The number of rotatable bonds is 2. The summed E-state index contributed by atoms with van der Waals surface area (Å²) in [7, 11) is 0. The second-order valence-electron chi connectivity index (χ2n) is 3.56. The predicted octanol–water partition coefficient (Wildman–Crippen LogP) is 1.62. The molecule has 0 fully saturated rings. The number of nitrogens with two attached hydrogens (primary N) is 1. The van der Waals surface area contributed by atoms with E-state index in [1.165, 1.54) is 22.8 Å². The van der Waals surface area contributed by atoms with Gasteiger partial charge in [0.25, 0.3) is 5.56 Å². The molecule has 3 nitrogen and oxygen atoms in total. The van der Waals surface area contributed by atoms with E-state index in [1.807, 2.05) is 0 Å². The Hall–Kier alpha value is -2.10. The van der Waals surface area contributed by atoms with Crippen molar-refractivity contribution in [3.05, 3.63) is 64.3 Å². The summed E-state index contributed by atoms with van der Waals surface area (Å²) in [6, 6.07) is 9.15. The Morgan fingerprint density at radius 1 is 1.25 bits per heavy atom. The topological polar surface area (TPSA) is 48.0 Å². The molecule has 0 spiro atoms. The maximum atomic E-state index is 13.1. The van der Waals surface area contributed by atoms with E-state index in [0.717, 1.165) is 0 Å². The minimum absolute atomic E-state index is 0.120. The minimum atomic E-state index is -0.390. The summed E-state index contributed by atoms with van der Waals surface area (Å²) in [6.45, 7) is 0.321. The number of hydrogen-bond acceptors (Lipinski definition) is 2. The average Bonchev–Trinajstić information content (AvgIpc) is 2.20. The van der Waals surface area contributed by atoms with E-state index in [-0.39, 0.29) is 11.4 Å². The lowest BCUT2D eigenvalue weighted by Crippen LogP contribution is -2.18. The van der Waals surface area contributed by atoms with Crippen LogP contribution in [0.2, 0.25) is 0 Å². The fourth-order valence-corrected chi connectivity index (χ4v) is 1.55. The quantitative estimate of drug-likeness (QED) is 0.778. The van der Waals surface area contributed by atoms with Crippen LogP contribution in [0.4, 0.5) is 10.1 Å². The molecule has 0 saturated carbocycles. The van der Waals surface area contributed by atoms with E-state index >= 15 is 0 Å². The Bertz CT molecular complexity index is 543. The van der Waals surface area contributed by atoms with Crippen molar-refractivity contribution in [2.45, 2.75) is 6.54 Å². The highest BCUT2D eigenvalue weighted by Gasteiger charge is 2.00. The smallest absolute Gasteiger partial charge is 0.250 e. The summed E-state index contributed by atoms with van der Waals surface area (Å²) >= 11 is 0. The van der Waals surface area contributed by atoms with E-state index in [4.69, 9.17) is 5.73 Å². The van der Waals surface area contributed by atoms with Gasteiger partial charge in [0.05, 0.1) is 6.54 Å². The number of nitrogens with zero attached hydrogens (tertiary/aromatic N) is 1. The number of anilines is 1. The van der Waals surface area contributed by atoms with E-state index in [1.54, 1.807) is 24.4 Å². The maximum Gasteiger partial charge on any atom is 0.250 e. The third-order valence-corrected chi connectivity index (χ3v) is 2.23. The van der Waals surface area contributed by atoms with Crippen LogP contribution in [0.25, 0.3) is 0 Å². The van der Waals surface area contributed by atoms with Crippen LogP contribution in [-0.2, 0) is 6.54 Å². The van der Waals surface area contributed by atoms with Gasteiger partial charge in [0.15, 0.2) is 0 Å².